The van der Waals surface area contributed by atoms with Gasteiger partial charge in [-0.05, 0) is 90.6 Å². The van der Waals surface area contributed by atoms with E-state index in [1.807, 2.05) is 18.2 Å². The summed E-state index contributed by atoms with van der Waals surface area (Å²) in [5, 5.41) is 0. The summed E-state index contributed by atoms with van der Waals surface area (Å²) in [6.45, 7) is 13.9. The second kappa shape index (κ2) is 10.6. The first-order valence-corrected chi connectivity index (χ1v) is 15.5. The Hall–Kier alpha value is -2.23. The van der Waals surface area contributed by atoms with Crippen LogP contribution >= 0.6 is 0 Å². The molecule has 3 fully saturated rings. The van der Waals surface area contributed by atoms with E-state index in [1.54, 1.807) is 12.1 Å². The molecule has 4 nitrogen and oxygen atoms in total. The van der Waals surface area contributed by atoms with Crippen LogP contribution in [0.4, 0.5) is 0 Å². The van der Waals surface area contributed by atoms with Gasteiger partial charge in [0.1, 0.15) is 6.10 Å². The zero-order valence-corrected chi connectivity index (χ0v) is 24.9. The predicted molar refractivity (Wildman–Crippen MR) is 154 cm³/mol. The SMILES string of the molecule is CC(C)[C@@H](C)CC[C@@H](C)[C@H]1CC(=O)C2=C3C(=O)C[C@H]4C[C@@H](OC(=O)c5ccccc5)CC[C@]4(C)[C@H]3CC[C@@]21C. The number of allylic oxidation sites excluding steroid dienone is 2. The van der Waals surface area contributed by atoms with Crippen LogP contribution in [0.15, 0.2) is 41.5 Å². The number of fused-ring (bicyclic) bond motifs is 4. The summed E-state index contributed by atoms with van der Waals surface area (Å²) in [5.74, 6) is 2.67. The number of ether oxygens (including phenoxy) is 1. The largest absolute Gasteiger partial charge is 0.459 e. The van der Waals surface area contributed by atoms with Gasteiger partial charge in [0, 0.05) is 24.0 Å². The zero-order valence-electron chi connectivity index (χ0n) is 24.9. The third-order valence-corrected chi connectivity index (χ3v) is 11.8. The van der Waals surface area contributed by atoms with Crippen molar-refractivity contribution in [3.8, 4) is 0 Å². The maximum atomic E-state index is 13.9. The second-order valence-electron chi connectivity index (χ2n) is 14.3. The first-order chi connectivity index (χ1) is 18.5. The molecule has 0 heterocycles. The number of carbonyl (C=O) groups is 3. The van der Waals surface area contributed by atoms with Crippen molar-refractivity contribution in [3.05, 3.63) is 47.0 Å². The predicted octanol–water partition coefficient (Wildman–Crippen LogP) is 8.00. The fourth-order valence-electron chi connectivity index (χ4n) is 8.83. The van der Waals surface area contributed by atoms with Gasteiger partial charge < -0.3 is 4.74 Å². The normalized spacial score (nSPS) is 35.8. The third kappa shape index (κ3) is 4.95. The van der Waals surface area contributed by atoms with Crippen LogP contribution in [0.1, 0.15) is 110 Å². The molecule has 0 amide bonds. The molecule has 4 aliphatic rings. The maximum Gasteiger partial charge on any atom is 0.338 e. The molecule has 3 saturated carbocycles. The van der Waals surface area contributed by atoms with Gasteiger partial charge in [-0.1, -0.05) is 72.6 Å². The molecule has 0 bridgehead atoms. The van der Waals surface area contributed by atoms with Crippen molar-refractivity contribution in [2.45, 2.75) is 105 Å². The fraction of sp³-hybridized carbons (Fsp3) is 0.686. The van der Waals surface area contributed by atoms with Gasteiger partial charge in [0.2, 0.25) is 0 Å². The van der Waals surface area contributed by atoms with Gasteiger partial charge in [0.05, 0.1) is 5.56 Å². The van der Waals surface area contributed by atoms with Crippen molar-refractivity contribution in [2.24, 2.45) is 46.3 Å². The Morgan fingerprint density at radius 2 is 1.67 bits per heavy atom. The van der Waals surface area contributed by atoms with Crippen molar-refractivity contribution in [1.82, 2.24) is 0 Å². The van der Waals surface area contributed by atoms with E-state index in [9.17, 15) is 14.4 Å². The Morgan fingerprint density at radius 1 is 0.949 bits per heavy atom. The number of carbonyl (C=O) groups excluding carboxylic acids is 3. The molecule has 8 atom stereocenters. The van der Waals surface area contributed by atoms with E-state index in [4.69, 9.17) is 4.74 Å². The molecule has 0 spiro atoms. The van der Waals surface area contributed by atoms with E-state index in [0.717, 1.165) is 49.7 Å². The average molecular weight is 533 g/mol. The van der Waals surface area contributed by atoms with Gasteiger partial charge in [-0.25, -0.2) is 4.79 Å². The Balaban J connectivity index is 1.35. The second-order valence-corrected chi connectivity index (χ2v) is 14.3. The van der Waals surface area contributed by atoms with E-state index in [1.165, 1.54) is 6.42 Å². The first-order valence-electron chi connectivity index (χ1n) is 15.5. The Labute approximate surface area is 235 Å². The molecule has 1 aromatic rings. The van der Waals surface area contributed by atoms with Gasteiger partial charge in [-0.15, -0.1) is 0 Å². The molecule has 4 aliphatic carbocycles. The number of ketones is 2. The van der Waals surface area contributed by atoms with E-state index < -0.39 is 0 Å². The van der Waals surface area contributed by atoms with E-state index in [2.05, 4.69) is 41.5 Å². The first kappa shape index (κ1) is 28.3. The molecule has 39 heavy (non-hydrogen) atoms. The van der Waals surface area contributed by atoms with Gasteiger partial charge in [0.25, 0.3) is 0 Å². The smallest absolute Gasteiger partial charge is 0.338 e. The van der Waals surface area contributed by atoms with Crippen LogP contribution < -0.4 is 0 Å². The summed E-state index contributed by atoms with van der Waals surface area (Å²) in [6.07, 6.45) is 7.73. The lowest BCUT2D eigenvalue weighted by molar-refractivity contribution is -0.128. The van der Waals surface area contributed by atoms with E-state index in [-0.39, 0.29) is 46.3 Å². The highest BCUT2D eigenvalue weighted by Crippen LogP contribution is 2.64. The zero-order chi connectivity index (χ0) is 28.1. The van der Waals surface area contributed by atoms with Crippen LogP contribution in [-0.2, 0) is 14.3 Å². The monoisotopic (exact) mass is 532 g/mol. The number of hydrogen-bond acceptors (Lipinski definition) is 4. The lowest BCUT2D eigenvalue weighted by Gasteiger charge is -2.55. The molecule has 0 unspecified atom stereocenters. The van der Waals surface area contributed by atoms with E-state index in [0.29, 0.717) is 42.1 Å². The highest BCUT2D eigenvalue weighted by atomic mass is 16.5. The quantitative estimate of drug-likeness (QED) is 0.334. The molecule has 0 aliphatic heterocycles. The lowest BCUT2D eigenvalue weighted by atomic mass is 9.48. The van der Waals surface area contributed by atoms with Crippen LogP contribution in [0.25, 0.3) is 0 Å². The highest BCUT2D eigenvalue weighted by molar-refractivity contribution is 6.10. The number of Topliss-reactive ketones (excluding diaryl/α,β-unsaturated/α-hetero) is 2. The van der Waals surface area contributed by atoms with Crippen molar-refractivity contribution in [3.63, 3.8) is 0 Å². The van der Waals surface area contributed by atoms with Crippen molar-refractivity contribution in [2.75, 3.05) is 0 Å². The van der Waals surface area contributed by atoms with Crippen LogP contribution in [0.5, 0.6) is 0 Å². The molecule has 4 heteroatoms. The maximum absolute atomic E-state index is 13.9. The molecule has 0 N–H and O–H groups in total. The number of esters is 1. The minimum absolute atomic E-state index is 0.0239. The lowest BCUT2D eigenvalue weighted by Crippen LogP contribution is -2.51. The molecule has 0 saturated heterocycles. The third-order valence-electron chi connectivity index (χ3n) is 11.8. The molecular formula is C35H48O4. The molecule has 0 radical (unpaired) electrons. The molecule has 1 aromatic carbocycles. The number of benzene rings is 1. The Morgan fingerprint density at radius 3 is 2.36 bits per heavy atom. The van der Waals surface area contributed by atoms with Gasteiger partial charge in [0.15, 0.2) is 11.6 Å². The summed E-state index contributed by atoms with van der Waals surface area (Å²) in [6, 6.07) is 9.16. The number of hydrogen-bond donors (Lipinski definition) is 0. The topological polar surface area (TPSA) is 60.4 Å². The standard InChI is InChI=1S/C35H48O4/c1-21(2)22(3)12-13-23(4)28-20-30(37)32-31-27(15-17-35(28,32)6)34(5)16-14-26(18-25(34)19-29(31)36)39-33(38)24-10-8-7-9-11-24/h7-11,21-23,25-28H,12-20H2,1-6H3/t22-,23+,25+,26-,27-,28+,34-,35+/m0/s1. The summed E-state index contributed by atoms with van der Waals surface area (Å²) in [7, 11) is 0. The molecule has 212 valence electrons. The van der Waals surface area contributed by atoms with E-state index >= 15 is 0 Å². The fourth-order valence-corrected chi connectivity index (χ4v) is 8.83. The van der Waals surface area contributed by atoms with Crippen LogP contribution in [0.2, 0.25) is 0 Å². The minimum atomic E-state index is -0.276. The van der Waals surface area contributed by atoms with Crippen LogP contribution in [-0.4, -0.2) is 23.6 Å². The average Bonchev–Trinajstić information content (AvgIpc) is 3.18. The Bertz CT molecular complexity index is 1150. The molecular weight excluding hydrogens is 484 g/mol. The van der Waals surface area contributed by atoms with Crippen molar-refractivity contribution in [1.29, 1.82) is 0 Å². The number of rotatable bonds is 7. The highest BCUT2D eigenvalue weighted by Gasteiger charge is 2.60. The minimum Gasteiger partial charge on any atom is -0.459 e. The van der Waals surface area contributed by atoms with Gasteiger partial charge >= 0.3 is 5.97 Å². The molecule has 5 rings (SSSR count). The Kier molecular flexibility index (Phi) is 7.72. The molecule has 0 aromatic heterocycles. The summed E-state index contributed by atoms with van der Waals surface area (Å²) in [4.78, 5) is 40.2. The summed E-state index contributed by atoms with van der Waals surface area (Å²) in [5.41, 5.74) is 2.19. The van der Waals surface area contributed by atoms with Crippen molar-refractivity contribution < 1.29 is 19.1 Å². The summed E-state index contributed by atoms with van der Waals surface area (Å²) < 4.78 is 5.92. The van der Waals surface area contributed by atoms with Crippen LogP contribution in [0.3, 0.4) is 0 Å². The van der Waals surface area contributed by atoms with Crippen molar-refractivity contribution >= 4 is 17.5 Å². The van der Waals surface area contributed by atoms with Crippen LogP contribution in [0, 0.1) is 46.3 Å². The van der Waals surface area contributed by atoms with Gasteiger partial charge in [-0.3, -0.25) is 9.59 Å². The van der Waals surface area contributed by atoms with Gasteiger partial charge in [-0.2, -0.15) is 0 Å². The summed E-state index contributed by atoms with van der Waals surface area (Å²) >= 11 is 0.